The van der Waals surface area contributed by atoms with Gasteiger partial charge in [0.05, 0.1) is 12.5 Å². The molecule has 26 heavy (non-hydrogen) atoms. The first-order valence-electron chi connectivity index (χ1n) is 9.98. The summed E-state index contributed by atoms with van der Waals surface area (Å²) in [6, 6.07) is 0. The molecule has 2 atom stereocenters. The van der Waals surface area contributed by atoms with Gasteiger partial charge in [0, 0.05) is 33.2 Å². The molecule has 2 rings (SSSR count). The summed E-state index contributed by atoms with van der Waals surface area (Å²) in [4.78, 5) is 21.2. The minimum atomic E-state index is -0.0677. The van der Waals surface area contributed by atoms with Gasteiger partial charge < -0.3 is 19.9 Å². The van der Waals surface area contributed by atoms with Crippen LogP contribution >= 0.6 is 24.0 Å². The summed E-state index contributed by atoms with van der Waals surface area (Å²) in [6.07, 6.45) is 5.76. The van der Waals surface area contributed by atoms with Crippen molar-refractivity contribution in [2.75, 3.05) is 52.9 Å². The largest absolute Gasteiger partial charge is 0.466 e. The molecule has 0 aromatic heterocycles. The fourth-order valence-electron chi connectivity index (χ4n) is 3.95. The predicted octanol–water partition coefficient (Wildman–Crippen LogP) is 2.58. The number of carbonyl (C=O) groups excluding carboxylic acids is 1. The van der Waals surface area contributed by atoms with Crippen LogP contribution in [0.5, 0.6) is 0 Å². The zero-order valence-electron chi connectivity index (χ0n) is 16.7. The van der Waals surface area contributed by atoms with Crippen molar-refractivity contribution >= 4 is 35.9 Å². The first kappa shape index (κ1) is 23.5. The highest BCUT2D eigenvalue weighted by atomic mass is 127. The van der Waals surface area contributed by atoms with Crippen LogP contribution in [0.15, 0.2) is 4.99 Å². The molecule has 0 aromatic carbocycles. The second-order valence-electron chi connectivity index (χ2n) is 7.41. The summed E-state index contributed by atoms with van der Waals surface area (Å²) < 4.78 is 5.19. The molecule has 1 N–H and O–H groups in total. The van der Waals surface area contributed by atoms with Crippen molar-refractivity contribution in [1.29, 1.82) is 0 Å². The van der Waals surface area contributed by atoms with E-state index in [4.69, 9.17) is 4.74 Å². The molecule has 0 spiro atoms. The highest BCUT2D eigenvalue weighted by Crippen LogP contribution is 2.18. The number of halogens is 1. The Hall–Kier alpha value is -0.570. The maximum absolute atomic E-state index is 12.0. The van der Waals surface area contributed by atoms with E-state index in [0.717, 1.165) is 50.8 Å². The first-order chi connectivity index (χ1) is 12.1. The zero-order valence-corrected chi connectivity index (χ0v) is 19.0. The number of guanidine groups is 1. The molecule has 0 bridgehead atoms. The van der Waals surface area contributed by atoms with E-state index in [9.17, 15) is 4.79 Å². The monoisotopic (exact) mass is 480 g/mol. The van der Waals surface area contributed by atoms with Crippen LogP contribution in [0.2, 0.25) is 0 Å². The van der Waals surface area contributed by atoms with Gasteiger partial charge in [-0.2, -0.15) is 0 Å². The van der Waals surface area contributed by atoms with Gasteiger partial charge in [0.25, 0.3) is 0 Å². The molecule has 2 aliphatic heterocycles. The van der Waals surface area contributed by atoms with Gasteiger partial charge in [-0.15, -0.1) is 24.0 Å². The SMILES string of the molecule is CCOC(=O)C1CCCN(C(=NC)NCCCN2CCCC(C)C2)C1.I. The van der Waals surface area contributed by atoms with Gasteiger partial charge in [-0.3, -0.25) is 9.79 Å². The van der Waals surface area contributed by atoms with E-state index < -0.39 is 0 Å². The summed E-state index contributed by atoms with van der Waals surface area (Å²) >= 11 is 0. The molecule has 2 aliphatic rings. The Kier molecular flexibility index (Phi) is 11.5. The van der Waals surface area contributed by atoms with E-state index >= 15 is 0 Å². The van der Waals surface area contributed by atoms with Crippen molar-refractivity contribution in [3.8, 4) is 0 Å². The Bertz CT molecular complexity index is 447. The van der Waals surface area contributed by atoms with Gasteiger partial charge in [0.15, 0.2) is 5.96 Å². The number of hydrogen-bond donors (Lipinski definition) is 1. The summed E-state index contributed by atoms with van der Waals surface area (Å²) in [5, 5.41) is 3.48. The molecule has 2 unspecified atom stereocenters. The number of carbonyl (C=O) groups is 1. The molecule has 0 aliphatic carbocycles. The number of ether oxygens (including phenoxy) is 1. The van der Waals surface area contributed by atoms with Crippen LogP contribution in [0.1, 0.15) is 46.0 Å². The van der Waals surface area contributed by atoms with Crippen LogP contribution in [-0.2, 0) is 9.53 Å². The first-order valence-corrected chi connectivity index (χ1v) is 9.98. The number of nitrogens with zero attached hydrogens (tertiary/aromatic N) is 3. The summed E-state index contributed by atoms with van der Waals surface area (Å²) in [5.41, 5.74) is 0. The topological polar surface area (TPSA) is 57.2 Å². The van der Waals surface area contributed by atoms with Crippen molar-refractivity contribution in [3.63, 3.8) is 0 Å². The average Bonchev–Trinajstić information content (AvgIpc) is 2.62. The zero-order chi connectivity index (χ0) is 18.1. The maximum Gasteiger partial charge on any atom is 0.310 e. The molecule has 2 fully saturated rings. The molecule has 0 amide bonds. The molecular formula is C19H37IN4O2. The van der Waals surface area contributed by atoms with E-state index in [1.807, 2.05) is 14.0 Å². The second kappa shape index (κ2) is 12.8. The standard InChI is InChI=1S/C19H36N4O2.HI/c1-4-25-18(24)17-9-6-13-23(15-17)19(20-3)21-10-7-12-22-11-5-8-16(2)14-22;/h16-17H,4-15H2,1-3H3,(H,20,21);1H. The van der Waals surface area contributed by atoms with Crippen molar-refractivity contribution in [3.05, 3.63) is 0 Å². The molecule has 0 saturated carbocycles. The van der Waals surface area contributed by atoms with Crippen LogP contribution < -0.4 is 5.32 Å². The van der Waals surface area contributed by atoms with Crippen LogP contribution in [0.25, 0.3) is 0 Å². The Morgan fingerprint density at radius 3 is 2.69 bits per heavy atom. The quantitative estimate of drug-likeness (QED) is 0.208. The van der Waals surface area contributed by atoms with Gasteiger partial charge >= 0.3 is 5.97 Å². The molecule has 152 valence electrons. The van der Waals surface area contributed by atoms with Gasteiger partial charge in [0.2, 0.25) is 0 Å². The lowest BCUT2D eigenvalue weighted by molar-refractivity contribution is -0.149. The normalized spacial score (nSPS) is 24.7. The number of aliphatic imine (C=N–C) groups is 1. The van der Waals surface area contributed by atoms with Crippen molar-refractivity contribution in [1.82, 2.24) is 15.1 Å². The predicted molar refractivity (Wildman–Crippen MR) is 117 cm³/mol. The van der Waals surface area contributed by atoms with Crippen molar-refractivity contribution < 1.29 is 9.53 Å². The van der Waals surface area contributed by atoms with Gasteiger partial charge in [0.1, 0.15) is 0 Å². The third-order valence-corrected chi connectivity index (χ3v) is 5.23. The Balaban J connectivity index is 0.00000338. The fraction of sp³-hybridized carbons (Fsp3) is 0.895. The molecule has 0 aromatic rings. The minimum absolute atomic E-state index is 0. The molecule has 2 saturated heterocycles. The van der Waals surface area contributed by atoms with Crippen molar-refractivity contribution in [2.24, 2.45) is 16.8 Å². The number of nitrogens with one attached hydrogen (secondary N) is 1. The molecular weight excluding hydrogens is 443 g/mol. The lowest BCUT2D eigenvalue weighted by Gasteiger charge is -2.34. The molecule has 6 nitrogen and oxygen atoms in total. The van der Waals surface area contributed by atoms with Gasteiger partial charge in [-0.05, 0) is 58.0 Å². The number of piperidine rings is 2. The summed E-state index contributed by atoms with van der Waals surface area (Å²) in [5.74, 6) is 1.66. The number of hydrogen-bond acceptors (Lipinski definition) is 4. The lowest BCUT2D eigenvalue weighted by Crippen LogP contribution is -2.48. The summed E-state index contributed by atoms with van der Waals surface area (Å²) in [6.45, 7) is 10.9. The van der Waals surface area contributed by atoms with Crippen LogP contribution in [0.4, 0.5) is 0 Å². The average molecular weight is 480 g/mol. The minimum Gasteiger partial charge on any atom is -0.466 e. The van der Waals surface area contributed by atoms with E-state index in [2.05, 4.69) is 27.0 Å². The number of esters is 1. The smallest absolute Gasteiger partial charge is 0.310 e. The van der Waals surface area contributed by atoms with Gasteiger partial charge in [-0.1, -0.05) is 6.92 Å². The van der Waals surface area contributed by atoms with E-state index in [-0.39, 0.29) is 35.9 Å². The molecule has 2 heterocycles. The van der Waals surface area contributed by atoms with Crippen LogP contribution in [-0.4, -0.2) is 74.7 Å². The van der Waals surface area contributed by atoms with Gasteiger partial charge in [-0.25, -0.2) is 0 Å². The Morgan fingerprint density at radius 2 is 2.00 bits per heavy atom. The van der Waals surface area contributed by atoms with Crippen molar-refractivity contribution in [2.45, 2.75) is 46.0 Å². The highest BCUT2D eigenvalue weighted by Gasteiger charge is 2.28. The third-order valence-electron chi connectivity index (χ3n) is 5.23. The van der Waals surface area contributed by atoms with E-state index in [0.29, 0.717) is 13.2 Å². The maximum atomic E-state index is 12.0. The van der Waals surface area contributed by atoms with E-state index in [1.54, 1.807) is 0 Å². The Labute approximate surface area is 176 Å². The number of rotatable bonds is 6. The lowest BCUT2D eigenvalue weighted by atomic mass is 9.98. The second-order valence-corrected chi connectivity index (χ2v) is 7.41. The Morgan fingerprint density at radius 1 is 1.23 bits per heavy atom. The molecule has 7 heteroatoms. The van der Waals surface area contributed by atoms with Crippen LogP contribution in [0.3, 0.4) is 0 Å². The van der Waals surface area contributed by atoms with Crippen LogP contribution in [0, 0.1) is 11.8 Å². The third kappa shape index (κ3) is 7.58. The fourth-order valence-corrected chi connectivity index (χ4v) is 3.95. The molecule has 0 radical (unpaired) electrons. The van der Waals surface area contributed by atoms with E-state index in [1.165, 1.54) is 25.9 Å². The number of likely N-dealkylation sites (tertiary alicyclic amines) is 2. The summed E-state index contributed by atoms with van der Waals surface area (Å²) in [7, 11) is 1.82. The highest BCUT2D eigenvalue weighted by molar-refractivity contribution is 14.0.